The molecule has 0 amide bonds. The fourth-order valence-corrected chi connectivity index (χ4v) is 3.71. The molecular formula is C10H11N5O2S2. The van der Waals surface area contributed by atoms with E-state index in [9.17, 15) is 8.42 Å². The Hall–Kier alpha value is -2.05. The predicted molar refractivity (Wildman–Crippen MR) is 72.2 cm³/mol. The number of hydrogen-bond acceptors (Lipinski definition) is 6. The molecule has 2 heterocycles. The third-order valence-electron chi connectivity index (χ3n) is 2.46. The lowest BCUT2D eigenvalue weighted by Crippen LogP contribution is -2.15. The van der Waals surface area contributed by atoms with E-state index in [0.717, 1.165) is 11.3 Å². The van der Waals surface area contributed by atoms with Crippen LogP contribution >= 0.6 is 11.3 Å². The highest BCUT2D eigenvalue weighted by Crippen LogP contribution is 2.27. The maximum Gasteiger partial charge on any atom is 0.272 e. The molecule has 9 heteroatoms. The number of hydrogen-bond donors (Lipinski definition) is 2. The van der Waals surface area contributed by atoms with Gasteiger partial charge in [-0.1, -0.05) is 0 Å². The first-order chi connectivity index (χ1) is 8.85. The zero-order valence-electron chi connectivity index (χ0n) is 10.2. The molecule has 0 saturated heterocycles. The molecule has 3 N–H and O–H groups in total. The lowest BCUT2D eigenvalue weighted by molar-refractivity contribution is 0.602. The first kappa shape index (κ1) is 13.4. The van der Waals surface area contributed by atoms with Crippen LogP contribution < -0.4 is 10.5 Å². The minimum atomic E-state index is -3.76. The van der Waals surface area contributed by atoms with Crippen LogP contribution in [0.1, 0.15) is 10.6 Å². The predicted octanol–water partition coefficient (Wildman–Crippen LogP) is 1.04. The van der Waals surface area contributed by atoms with E-state index in [0.29, 0.717) is 10.6 Å². The van der Waals surface area contributed by atoms with Crippen LogP contribution in [0.5, 0.6) is 0 Å². The quantitative estimate of drug-likeness (QED) is 0.878. The first-order valence-electron chi connectivity index (χ1n) is 5.17. The second-order valence-corrected chi connectivity index (χ2v) is 6.80. The average molecular weight is 297 g/mol. The van der Waals surface area contributed by atoms with E-state index in [1.807, 2.05) is 6.07 Å². The van der Waals surface area contributed by atoms with Crippen LogP contribution in [0.25, 0.3) is 0 Å². The van der Waals surface area contributed by atoms with Crippen molar-refractivity contribution in [3.05, 3.63) is 22.7 Å². The summed E-state index contributed by atoms with van der Waals surface area (Å²) in [5.41, 5.74) is 6.59. The second-order valence-electron chi connectivity index (χ2n) is 3.81. The van der Waals surface area contributed by atoms with E-state index < -0.39 is 10.0 Å². The van der Waals surface area contributed by atoms with Crippen LogP contribution in [0.15, 0.2) is 16.3 Å². The number of nitriles is 1. The fraction of sp³-hybridized carbons (Fsp3) is 0.200. The van der Waals surface area contributed by atoms with Crippen LogP contribution in [0.4, 0.5) is 11.5 Å². The molecule has 0 unspecified atom stereocenters. The van der Waals surface area contributed by atoms with Gasteiger partial charge in [-0.25, -0.2) is 13.1 Å². The number of aromatic nitrogens is 2. The van der Waals surface area contributed by atoms with Gasteiger partial charge in [0.1, 0.15) is 15.2 Å². The molecule has 2 aromatic heterocycles. The molecule has 0 aromatic carbocycles. The minimum Gasteiger partial charge on any atom is -0.394 e. The number of aryl methyl sites for hydroxylation is 2. The van der Waals surface area contributed by atoms with Gasteiger partial charge in [-0.2, -0.15) is 10.4 Å². The topological polar surface area (TPSA) is 114 Å². The Morgan fingerprint density at radius 2 is 2.21 bits per heavy atom. The average Bonchev–Trinajstić information content (AvgIpc) is 2.91. The molecule has 0 bridgehead atoms. The molecule has 0 aliphatic heterocycles. The smallest absolute Gasteiger partial charge is 0.272 e. The second kappa shape index (κ2) is 4.56. The van der Waals surface area contributed by atoms with Crippen LogP contribution in [0.3, 0.4) is 0 Å². The van der Waals surface area contributed by atoms with Crippen LogP contribution in [0, 0.1) is 18.3 Å². The molecule has 7 nitrogen and oxygen atoms in total. The summed E-state index contributed by atoms with van der Waals surface area (Å²) in [6.07, 6.45) is 0. The summed E-state index contributed by atoms with van der Waals surface area (Å²) in [5, 5.41) is 12.7. The lowest BCUT2D eigenvalue weighted by Gasteiger charge is -2.07. The molecule has 2 rings (SSSR count). The first-order valence-corrected chi connectivity index (χ1v) is 7.47. The van der Waals surface area contributed by atoms with Crippen molar-refractivity contribution in [1.29, 1.82) is 5.26 Å². The molecule has 0 saturated carbocycles. The van der Waals surface area contributed by atoms with E-state index in [1.54, 1.807) is 14.0 Å². The number of nitrogens with one attached hydrogen (secondary N) is 1. The number of sulfonamides is 1. The van der Waals surface area contributed by atoms with E-state index in [-0.39, 0.29) is 15.7 Å². The van der Waals surface area contributed by atoms with Crippen molar-refractivity contribution in [1.82, 2.24) is 9.78 Å². The Balaban J connectivity index is 2.39. The van der Waals surface area contributed by atoms with E-state index in [1.165, 1.54) is 16.8 Å². The third-order valence-corrected chi connectivity index (χ3v) is 5.28. The number of anilines is 2. The Bertz CT molecular complexity index is 766. The van der Waals surface area contributed by atoms with Gasteiger partial charge >= 0.3 is 0 Å². The number of nitrogens with zero attached hydrogens (tertiary/aromatic N) is 3. The Labute approximate surface area is 114 Å². The summed E-state index contributed by atoms with van der Waals surface area (Å²) in [6, 6.07) is 4.73. The largest absolute Gasteiger partial charge is 0.394 e. The molecule has 100 valence electrons. The van der Waals surface area contributed by atoms with Gasteiger partial charge in [0.15, 0.2) is 5.82 Å². The fourth-order valence-electron chi connectivity index (χ4n) is 1.50. The minimum absolute atomic E-state index is 0.0577. The standard InChI is InChI=1S/C10H11N5O2S2/c1-6-9(12)10(15(2)13-6)14-19(16,17)8-4-3-7(5-11)18-8/h3-4,14H,12H2,1-2H3. The Morgan fingerprint density at radius 1 is 1.53 bits per heavy atom. The molecule has 0 fully saturated rings. The zero-order chi connectivity index (χ0) is 14.2. The van der Waals surface area contributed by atoms with Crippen molar-refractivity contribution in [2.45, 2.75) is 11.1 Å². The Kier molecular flexibility index (Phi) is 3.21. The van der Waals surface area contributed by atoms with Gasteiger partial charge in [0, 0.05) is 7.05 Å². The number of rotatable bonds is 3. The summed E-state index contributed by atoms with van der Waals surface area (Å²) >= 11 is 0.896. The van der Waals surface area contributed by atoms with Gasteiger partial charge in [-0.05, 0) is 19.1 Å². The summed E-state index contributed by atoms with van der Waals surface area (Å²) in [6.45, 7) is 1.69. The summed E-state index contributed by atoms with van der Waals surface area (Å²) < 4.78 is 28.1. The van der Waals surface area contributed by atoms with Crippen LogP contribution in [-0.2, 0) is 17.1 Å². The van der Waals surface area contributed by atoms with Gasteiger partial charge in [0.05, 0.1) is 11.4 Å². The SMILES string of the molecule is Cc1nn(C)c(NS(=O)(=O)c2ccc(C#N)s2)c1N. The van der Waals surface area contributed by atoms with Crippen molar-refractivity contribution < 1.29 is 8.42 Å². The van der Waals surface area contributed by atoms with Gasteiger partial charge in [-0.3, -0.25) is 4.72 Å². The maximum atomic E-state index is 12.1. The van der Waals surface area contributed by atoms with Gasteiger partial charge in [0.2, 0.25) is 0 Å². The molecule has 2 aromatic rings. The molecule has 0 radical (unpaired) electrons. The van der Waals surface area contributed by atoms with E-state index >= 15 is 0 Å². The van der Waals surface area contributed by atoms with Crippen molar-refractivity contribution in [3.8, 4) is 6.07 Å². The summed E-state index contributed by atoms with van der Waals surface area (Å²) in [5.74, 6) is 0.212. The van der Waals surface area contributed by atoms with Gasteiger partial charge in [-0.15, -0.1) is 11.3 Å². The third kappa shape index (κ3) is 2.40. The van der Waals surface area contributed by atoms with Gasteiger partial charge < -0.3 is 5.73 Å². The molecule has 0 aliphatic rings. The van der Waals surface area contributed by atoms with E-state index in [2.05, 4.69) is 9.82 Å². The highest BCUT2D eigenvalue weighted by atomic mass is 32.2. The van der Waals surface area contributed by atoms with Crippen molar-refractivity contribution in [2.75, 3.05) is 10.5 Å². The van der Waals surface area contributed by atoms with Crippen molar-refractivity contribution >= 4 is 32.9 Å². The normalized spacial score (nSPS) is 11.2. The monoisotopic (exact) mass is 297 g/mol. The van der Waals surface area contributed by atoms with Crippen LogP contribution in [-0.4, -0.2) is 18.2 Å². The molecule has 0 spiro atoms. The summed E-state index contributed by atoms with van der Waals surface area (Å²) in [7, 11) is -2.16. The summed E-state index contributed by atoms with van der Waals surface area (Å²) in [4.78, 5) is 0.328. The number of thiophene rings is 1. The zero-order valence-corrected chi connectivity index (χ0v) is 11.8. The Morgan fingerprint density at radius 3 is 2.68 bits per heavy atom. The van der Waals surface area contributed by atoms with Crippen molar-refractivity contribution in [2.24, 2.45) is 7.05 Å². The van der Waals surface area contributed by atoms with Crippen molar-refractivity contribution in [3.63, 3.8) is 0 Å². The van der Waals surface area contributed by atoms with E-state index in [4.69, 9.17) is 11.0 Å². The maximum absolute atomic E-state index is 12.1. The number of nitrogens with two attached hydrogens (primary N) is 1. The number of nitrogen functional groups attached to an aromatic ring is 1. The lowest BCUT2D eigenvalue weighted by atomic mass is 10.4. The highest BCUT2D eigenvalue weighted by Gasteiger charge is 2.21. The van der Waals surface area contributed by atoms with Gasteiger partial charge in [0.25, 0.3) is 10.0 Å². The molecule has 0 aliphatic carbocycles. The molecule has 19 heavy (non-hydrogen) atoms. The van der Waals surface area contributed by atoms with Crippen LogP contribution in [0.2, 0.25) is 0 Å². The molecular weight excluding hydrogens is 286 g/mol. The molecule has 0 atom stereocenters. The highest BCUT2D eigenvalue weighted by molar-refractivity contribution is 7.94.